The molecule has 272 valence electrons. The van der Waals surface area contributed by atoms with Crippen LogP contribution >= 0.6 is 0 Å². The van der Waals surface area contributed by atoms with Gasteiger partial charge in [-0.15, -0.1) is 0 Å². The normalized spacial score (nSPS) is 13.7. The van der Waals surface area contributed by atoms with Crippen molar-refractivity contribution < 1.29 is 96.2 Å². The zero-order valence-corrected chi connectivity index (χ0v) is 26.8. The lowest BCUT2D eigenvalue weighted by Gasteiger charge is -2.22. The second-order valence-corrected chi connectivity index (χ2v) is 14.3. The van der Waals surface area contributed by atoms with Crippen LogP contribution in [0.3, 0.4) is 0 Å². The molecule has 0 saturated carbocycles. The molecule has 44 heavy (non-hydrogen) atoms. The van der Waals surface area contributed by atoms with Gasteiger partial charge in [-0.3, -0.25) is 0 Å². The highest BCUT2D eigenvalue weighted by Gasteiger charge is 2.48. The van der Waals surface area contributed by atoms with Crippen LogP contribution in [0.4, 0.5) is 52.7 Å². The van der Waals surface area contributed by atoms with E-state index in [2.05, 4.69) is 41.5 Å². The first-order chi connectivity index (χ1) is 19.1. The summed E-state index contributed by atoms with van der Waals surface area (Å²) in [6, 6.07) is 0. The minimum atomic E-state index is -6.72. The summed E-state index contributed by atoms with van der Waals surface area (Å²) >= 11 is 0. The number of hydrogen-bond donors (Lipinski definition) is 2. The van der Waals surface area contributed by atoms with Crippen molar-refractivity contribution in [1.82, 2.24) is 0 Å². The maximum absolute atomic E-state index is 11.4. The Morgan fingerprint density at radius 1 is 0.364 bits per heavy atom. The highest BCUT2D eigenvalue weighted by atomic mass is 32.3. The molecule has 0 heterocycles. The van der Waals surface area contributed by atoms with E-state index in [1.165, 1.54) is 39.3 Å². The largest absolute Gasteiger partial charge is 0.480 e. The van der Waals surface area contributed by atoms with Crippen molar-refractivity contribution in [3.8, 4) is 0 Å². The molecule has 0 radical (unpaired) electrons. The molecule has 0 spiro atoms. The highest BCUT2D eigenvalue weighted by molar-refractivity contribution is 8.13. The van der Waals surface area contributed by atoms with Crippen molar-refractivity contribution in [3.05, 3.63) is 8.25 Å². The van der Waals surface area contributed by atoms with Gasteiger partial charge in [0.1, 0.15) is 0 Å². The molecule has 0 aliphatic rings. The van der Waals surface area contributed by atoms with E-state index in [0.717, 1.165) is 8.25 Å². The third-order valence-corrected chi connectivity index (χ3v) is 10.0. The maximum atomic E-state index is 11.4. The third kappa shape index (κ3) is 18.7. The van der Waals surface area contributed by atoms with E-state index < -0.39 is 62.1 Å². The molecule has 28 heteroatoms. The Hall–Kier alpha value is -1.20. The molecular weight excluding hydrogens is 732 g/mol. The van der Waals surface area contributed by atoms with Gasteiger partial charge in [-0.05, 0) is 41.5 Å². The maximum Gasteiger partial charge on any atom is 0.480 e. The zero-order valence-electron chi connectivity index (χ0n) is 23.6. The molecule has 0 aromatic heterocycles. The molecule has 0 rings (SSSR count). The van der Waals surface area contributed by atoms with E-state index >= 15 is 0 Å². The van der Waals surface area contributed by atoms with Gasteiger partial charge in [-0.1, -0.05) is 0 Å². The summed E-state index contributed by atoms with van der Waals surface area (Å²) in [6.07, 6.45) is 0. The van der Waals surface area contributed by atoms with E-state index in [1.54, 1.807) is 9.80 Å². The molecule has 12 nitrogen and oxygen atoms in total. The second-order valence-electron chi connectivity index (χ2n) is 7.45. The summed E-state index contributed by atoms with van der Waals surface area (Å²) in [5.41, 5.74) is -24.8. The summed E-state index contributed by atoms with van der Waals surface area (Å²) < 4.78 is 218. The third-order valence-electron chi connectivity index (χ3n) is 4.56. The van der Waals surface area contributed by atoms with E-state index in [9.17, 15) is 86.4 Å². The predicted octanol–water partition coefficient (Wildman–Crippen LogP) is 1.98. The van der Waals surface area contributed by atoms with E-state index in [4.69, 9.17) is 0 Å². The summed E-state index contributed by atoms with van der Waals surface area (Å²) in [4.78, 5) is 3.36. The Morgan fingerprint density at radius 2 is 0.477 bits per heavy atom. The molecule has 0 aromatic rings. The highest BCUT2D eigenvalue weighted by Crippen LogP contribution is 2.37. The molecule has 0 aliphatic heterocycles. The van der Waals surface area contributed by atoms with Crippen LogP contribution in [0.1, 0.15) is 41.5 Å². The van der Waals surface area contributed by atoms with Gasteiger partial charge in [0.15, 0.2) is 40.1 Å². The number of quaternary nitrogens is 2. The lowest BCUT2D eigenvalue weighted by Crippen LogP contribution is -3.11. The number of nitrogens with one attached hydrogen (secondary N) is 2. The number of nitrogens with zero attached hydrogens (tertiary/aromatic N) is 2. The summed E-state index contributed by atoms with van der Waals surface area (Å²) in [7, 11) is -26.9. The quantitative estimate of drug-likeness (QED) is 0.318. The molecule has 0 saturated heterocycles. The molecule has 0 unspecified atom stereocenters. The molecule has 0 bridgehead atoms. The number of sulfonamides is 4. The standard InChI is InChI=1S/2C6H15N.2C2F6NO4S2/c2*1-4-7(5-2)6-3;2*3-1(4,5)14(10,11)9-15(12,13)2(6,7)8/h2*4-6H2,1-3H3;;/q;;2*-1/p+2. The average molecular weight is 765 g/mol. The fourth-order valence-electron chi connectivity index (χ4n) is 1.93. The molecule has 0 aromatic carbocycles. The van der Waals surface area contributed by atoms with Crippen molar-refractivity contribution in [3.63, 3.8) is 0 Å². The average Bonchev–Trinajstić information content (AvgIpc) is 2.78. The van der Waals surface area contributed by atoms with Crippen molar-refractivity contribution in [2.24, 2.45) is 0 Å². The van der Waals surface area contributed by atoms with E-state index in [0.29, 0.717) is 0 Å². The first-order valence-corrected chi connectivity index (χ1v) is 17.3. The van der Waals surface area contributed by atoms with E-state index in [1.807, 2.05) is 0 Å². The Bertz CT molecular complexity index is 1050. The molecule has 0 atom stereocenters. The Labute approximate surface area is 247 Å². The fraction of sp³-hybridized carbons (Fsp3) is 1.00. The second kappa shape index (κ2) is 18.8. The smallest absolute Gasteiger partial charge is 0.421 e. The van der Waals surface area contributed by atoms with Gasteiger partial charge in [0.2, 0.25) is 0 Å². The van der Waals surface area contributed by atoms with Crippen molar-refractivity contribution >= 4 is 40.1 Å². The van der Waals surface area contributed by atoms with Crippen LogP contribution in [0.2, 0.25) is 0 Å². The number of halogens is 12. The van der Waals surface area contributed by atoms with Crippen molar-refractivity contribution in [2.45, 2.75) is 63.6 Å². The van der Waals surface area contributed by atoms with Crippen LogP contribution in [0.15, 0.2) is 0 Å². The van der Waals surface area contributed by atoms with Crippen LogP contribution in [0.25, 0.3) is 8.25 Å². The summed E-state index contributed by atoms with van der Waals surface area (Å²) in [6.45, 7) is 21.0. The molecule has 0 amide bonds. The van der Waals surface area contributed by atoms with Gasteiger partial charge in [-0.25, -0.2) is 33.7 Å². The minimum absolute atomic E-state index is 0.778. The lowest BCUT2D eigenvalue weighted by molar-refractivity contribution is -0.894. The van der Waals surface area contributed by atoms with Crippen molar-refractivity contribution in [1.29, 1.82) is 0 Å². The van der Waals surface area contributed by atoms with Gasteiger partial charge >= 0.3 is 22.0 Å². The molecule has 2 N–H and O–H groups in total. The van der Waals surface area contributed by atoms with Crippen LogP contribution in [0, 0.1) is 0 Å². The first kappa shape index (κ1) is 49.7. The molecule has 0 aliphatic carbocycles. The molecular formula is C16H32F12N4O8S4. The predicted molar refractivity (Wildman–Crippen MR) is 132 cm³/mol. The number of hydrogen-bond acceptors (Lipinski definition) is 8. The van der Waals surface area contributed by atoms with Crippen molar-refractivity contribution in [2.75, 3.05) is 39.3 Å². The Balaban J connectivity index is -0.000000258. The Morgan fingerprint density at radius 3 is 0.523 bits per heavy atom. The van der Waals surface area contributed by atoms with Crippen LogP contribution < -0.4 is 9.80 Å². The van der Waals surface area contributed by atoms with Gasteiger partial charge in [0, 0.05) is 0 Å². The van der Waals surface area contributed by atoms with Gasteiger partial charge < -0.3 is 18.1 Å². The van der Waals surface area contributed by atoms with Gasteiger partial charge in [-0.2, -0.15) is 52.7 Å². The first-order valence-electron chi connectivity index (χ1n) is 11.5. The number of alkyl halides is 12. The van der Waals surface area contributed by atoms with Crippen LogP contribution in [0.5, 0.6) is 0 Å². The fourth-order valence-corrected chi connectivity index (χ4v) is 5.35. The van der Waals surface area contributed by atoms with Crippen LogP contribution in [-0.2, 0) is 40.1 Å². The topological polar surface area (TPSA) is 174 Å². The van der Waals surface area contributed by atoms with E-state index in [-0.39, 0.29) is 0 Å². The minimum Gasteiger partial charge on any atom is -0.421 e. The molecule has 0 fully saturated rings. The summed E-state index contributed by atoms with van der Waals surface area (Å²) in [5, 5.41) is 0. The van der Waals surface area contributed by atoms with Gasteiger partial charge in [0.25, 0.3) is 0 Å². The lowest BCUT2D eigenvalue weighted by atomic mass is 10.5. The summed E-state index contributed by atoms with van der Waals surface area (Å²) in [5.74, 6) is 0. The monoisotopic (exact) mass is 764 g/mol. The van der Waals surface area contributed by atoms with Gasteiger partial charge in [0.05, 0.1) is 39.3 Å². The Kier molecular flexibility index (Phi) is 21.3. The SMILES string of the molecule is CC[NH+](CC)CC.CC[NH+](CC)CC.O=S(=O)([N-]S(=O)(=O)C(F)(F)F)C(F)(F)F.O=S(=O)([N-]S(=O)(=O)C(F)(F)F)C(F)(F)F. The number of rotatable bonds is 10. The van der Waals surface area contributed by atoms with Crippen LogP contribution in [-0.4, -0.2) is 95.0 Å². The zero-order chi connectivity index (χ0) is 36.8.